The monoisotopic (exact) mass is 310 g/mol. The van der Waals surface area contributed by atoms with E-state index in [-0.39, 0.29) is 0 Å². The summed E-state index contributed by atoms with van der Waals surface area (Å²) in [5.41, 5.74) is 0.916. The fourth-order valence-electron chi connectivity index (χ4n) is 2.64. The zero-order valence-electron chi connectivity index (χ0n) is 11.4. The van der Waals surface area contributed by atoms with Crippen molar-refractivity contribution in [2.75, 3.05) is 13.1 Å². The van der Waals surface area contributed by atoms with Crippen LogP contribution in [-0.4, -0.2) is 29.8 Å². The van der Waals surface area contributed by atoms with Crippen molar-refractivity contribution in [3.8, 4) is 0 Å². The van der Waals surface area contributed by atoms with Gasteiger partial charge in [0.05, 0.1) is 10.4 Å². The Labute approximate surface area is 125 Å². The van der Waals surface area contributed by atoms with Gasteiger partial charge in [0.1, 0.15) is 0 Å². The molecule has 2 aromatic rings. The van der Waals surface area contributed by atoms with E-state index in [0.29, 0.717) is 23.9 Å². The standard InChI is InChI=1S/C14H18N2O2S2/c1-11-4-7-15(8-5-11)20(17,18)13-2-3-14-12(10-13)6-9-16(14)19/h2-3,6,9-11,19H,4-5,7-8H2,1H3. The predicted octanol–water partition coefficient (Wildman–Crippen LogP) is 2.75. The molecule has 6 heteroatoms. The summed E-state index contributed by atoms with van der Waals surface area (Å²) in [6.45, 7) is 3.41. The first kappa shape index (κ1) is 14.0. The first-order valence-corrected chi connectivity index (χ1v) is 8.63. The molecule has 0 bridgehead atoms. The summed E-state index contributed by atoms with van der Waals surface area (Å²) in [5, 5.41) is 0.895. The second-order valence-electron chi connectivity index (χ2n) is 5.47. The Balaban J connectivity index is 1.96. The van der Waals surface area contributed by atoms with Gasteiger partial charge in [0.25, 0.3) is 0 Å². The Morgan fingerprint density at radius 3 is 2.60 bits per heavy atom. The highest BCUT2D eigenvalue weighted by Gasteiger charge is 2.28. The molecule has 0 atom stereocenters. The highest BCUT2D eigenvalue weighted by molar-refractivity contribution is 7.89. The lowest BCUT2D eigenvalue weighted by atomic mass is 10.0. The van der Waals surface area contributed by atoms with Gasteiger partial charge in [0.2, 0.25) is 10.0 Å². The molecule has 1 fully saturated rings. The molecule has 0 spiro atoms. The maximum Gasteiger partial charge on any atom is 0.243 e. The van der Waals surface area contributed by atoms with Gasteiger partial charge in [-0.05, 0) is 43.0 Å². The van der Waals surface area contributed by atoms with Crippen LogP contribution in [0.15, 0.2) is 35.4 Å². The second kappa shape index (κ2) is 5.09. The molecule has 0 amide bonds. The first-order chi connectivity index (χ1) is 9.48. The van der Waals surface area contributed by atoms with E-state index in [1.807, 2.05) is 18.3 Å². The Morgan fingerprint density at radius 1 is 1.20 bits per heavy atom. The number of rotatable bonds is 2. The van der Waals surface area contributed by atoms with Crippen LogP contribution in [0, 0.1) is 5.92 Å². The SMILES string of the molecule is CC1CCN(S(=O)(=O)c2ccc3c(ccn3S)c2)CC1. The van der Waals surface area contributed by atoms with Gasteiger partial charge in [-0.2, -0.15) is 4.31 Å². The summed E-state index contributed by atoms with van der Waals surface area (Å²) in [4.78, 5) is 0.374. The van der Waals surface area contributed by atoms with Crippen LogP contribution < -0.4 is 0 Å². The molecular weight excluding hydrogens is 292 g/mol. The Hall–Kier alpha value is -0.980. The van der Waals surface area contributed by atoms with Crippen molar-refractivity contribution in [3.05, 3.63) is 30.5 Å². The average Bonchev–Trinajstić information content (AvgIpc) is 2.80. The minimum absolute atomic E-state index is 0.374. The number of hydrogen-bond donors (Lipinski definition) is 1. The van der Waals surface area contributed by atoms with Gasteiger partial charge < -0.3 is 0 Å². The van der Waals surface area contributed by atoms with Crippen LogP contribution in [0.2, 0.25) is 0 Å². The number of fused-ring (bicyclic) bond motifs is 1. The average molecular weight is 310 g/mol. The van der Waals surface area contributed by atoms with Crippen molar-refractivity contribution in [1.82, 2.24) is 8.28 Å². The molecule has 4 nitrogen and oxygen atoms in total. The topological polar surface area (TPSA) is 42.3 Å². The molecule has 0 N–H and O–H groups in total. The zero-order valence-corrected chi connectivity index (χ0v) is 13.1. The number of benzene rings is 1. The second-order valence-corrected chi connectivity index (χ2v) is 7.84. The van der Waals surface area contributed by atoms with E-state index in [0.717, 1.165) is 23.7 Å². The quantitative estimate of drug-likeness (QED) is 0.867. The first-order valence-electron chi connectivity index (χ1n) is 6.79. The van der Waals surface area contributed by atoms with E-state index in [1.165, 1.54) is 0 Å². The summed E-state index contributed by atoms with van der Waals surface area (Å²) in [5.74, 6) is 0.613. The highest BCUT2D eigenvalue weighted by Crippen LogP contribution is 2.26. The number of sulfonamides is 1. The van der Waals surface area contributed by atoms with Crippen LogP contribution in [0.3, 0.4) is 0 Å². The fourth-order valence-corrected chi connectivity index (χ4v) is 4.40. The van der Waals surface area contributed by atoms with E-state index in [1.54, 1.807) is 20.4 Å². The maximum atomic E-state index is 12.6. The minimum atomic E-state index is -3.37. The van der Waals surface area contributed by atoms with Gasteiger partial charge in [-0.15, -0.1) is 0 Å². The number of thiol groups is 1. The lowest BCUT2D eigenvalue weighted by Crippen LogP contribution is -2.37. The number of hydrogen-bond acceptors (Lipinski definition) is 3. The van der Waals surface area contributed by atoms with Crippen LogP contribution in [-0.2, 0) is 10.0 Å². The molecule has 0 saturated carbocycles. The van der Waals surface area contributed by atoms with Gasteiger partial charge in [0, 0.05) is 24.7 Å². The van der Waals surface area contributed by atoms with Crippen LogP contribution >= 0.6 is 12.8 Å². The molecular formula is C14H18N2O2S2. The van der Waals surface area contributed by atoms with E-state index in [4.69, 9.17) is 0 Å². The third-order valence-electron chi connectivity index (χ3n) is 4.02. The fraction of sp³-hybridized carbons (Fsp3) is 0.429. The van der Waals surface area contributed by atoms with Crippen molar-refractivity contribution in [3.63, 3.8) is 0 Å². The van der Waals surface area contributed by atoms with Gasteiger partial charge >= 0.3 is 0 Å². The van der Waals surface area contributed by atoms with Gasteiger partial charge in [0.15, 0.2) is 0 Å². The number of nitrogens with zero attached hydrogens (tertiary/aromatic N) is 2. The molecule has 1 aliphatic rings. The van der Waals surface area contributed by atoms with E-state index >= 15 is 0 Å². The Bertz CT molecular complexity index is 729. The third-order valence-corrected chi connectivity index (χ3v) is 6.26. The Kier molecular flexibility index (Phi) is 3.56. The predicted molar refractivity (Wildman–Crippen MR) is 83.5 cm³/mol. The molecule has 3 rings (SSSR count). The van der Waals surface area contributed by atoms with Crippen molar-refractivity contribution < 1.29 is 8.42 Å². The smallest absolute Gasteiger partial charge is 0.243 e. The van der Waals surface area contributed by atoms with Crippen LogP contribution in [0.25, 0.3) is 10.9 Å². The van der Waals surface area contributed by atoms with Gasteiger partial charge in [-0.3, -0.25) is 3.97 Å². The lowest BCUT2D eigenvalue weighted by molar-refractivity contribution is 0.288. The molecule has 1 aromatic carbocycles. The molecule has 0 radical (unpaired) electrons. The minimum Gasteiger partial charge on any atom is -0.294 e. The summed E-state index contributed by atoms with van der Waals surface area (Å²) in [6, 6.07) is 7.08. The van der Waals surface area contributed by atoms with Crippen molar-refractivity contribution in [2.24, 2.45) is 5.92 Å². The number of aromatic nitrogens is 1. The molecule has 20 heavy (non-hydrogen) atoms. The van der Waals surface area contributed by atoms with Crippen molar-refractivity contribution >= 4 is 33.7 Å². The van der Waals surface area contributed by atoms with E-state index in [2.05, 4.69) is 19.7 Å². The molecule has 1 aliphatic heterocycles. The molecule has 1 saturated heterocycles. The van der Waals surface area contributed by atoms with Crippen molar-refractivity contribution in [2.45, 2.75) is 24.7 Å². The van der Waals surface area contributed by atoms with Crippen LogP contribution in [0.5, 0.6) is 0 Å². The summed E-state index contributed by atoms with van der Waals surface area (Å²) < 4.78 is 28.6. The number of piperidine rings is 1. The van der Waals surface area contributed by atoms with Gasteiger partial charge in [-0.25, -0.2) is 8.42 Å². The summed E-state index contributed by atoms with van der Waals surface area (Å²) >= 11 is 4.28. The van der Waals surface area contributed by atoms with Crippen LogP contribution in [0.4, 0.5) is 0 Å². The molecule has 1 aromatic heterocycles. The molecule has 0 unspecified atom stereocenters. The zero-order chi connectivity index (χ0) is 14.3. The summed E-state index contributed by atoms with van der Waals surface area (Å²) in [6.07, 6.45) is 3.69. The molecule has 2 heterocycles. The van der Waals surface area contributed by atoms with Gasteiger partial charge in [-0.1, -0.05) is 19.7 Å². The Morgan fingerprint density at radius 2 is 1.90 bits per heavy atom. The third kappa shape index (κ3) is 2.36. The van der Waals surface area contributed by atoms with Crippen LogP contribution in [0.1, 0.15) is 19.8 Å². The van der Waals surface area contributed by atoms with E-state index in [9.17, 15) is 8.42 Å². The normalized spacial score (nSPS) is 18.7. The van der Waals surface area contributed by atoms with Crippen molar-refractivity contribution in [1.29, 1.82) is 0 Å². The van der Waals surface area contributed by atoms with E-state index < -0.39 is 10.0 Å². The maximum absolute atomic E-state index is 12.6. The molecule has 0 aliphatic carbocycles. The largest absolute Gasteiger partial charge is 0.294 e. The molecule has 108 valence electrons. The highest BCUT2D eigenvalue weighted by atomic mass is 32.2. The summed E-state index contributed by atoms with van der Waals surface area (Å²) in [7, 11) is -3.37. The lowest BCUT2D eigenvalue weighted by Gasteiger charge is -2.29.